The van der Waals surface area contributed by atoms with Gasteiger partial charge in [-0.25, -0.2) is 19.5 Å². The predicted octanol–water partition coefficient (Wildman–Crippen LogP) is 6.85. The molecule has 3 saturated heterocycles. The molecule has 0 bridgehead atoms. The summed E-state index contributed by atoms with van der Waals surface area (Å²) >= 11 is 8.79. The summed E-state index contributed by atoms with van der Waals surface area (Å²) in [5.41, 5.74) is 2.71. The molecule has 4 aromatic rings. The molecule has 3 fully saturated rings. The fourth-order valence-electron chi connectivity index (χ4n) is 8.62. The lowest BCUT2D eigenvalue weighted by molar-refractivity contribution is -0.179. The molecule has 7 rings (SSSR count). The topological polar surface area (TPSA) is 271 Å². The van der Waals surface area contributed by atoms with Crippen molar-refractivity contribution in [3.63, 3.8) is 0 Å². The molecule has 1 unspecified atom stereocenters. The maximum Gasteiger partial charge on any atom is 0.418 e. The zero-order valence-corrected chi connectivity index (χ0v) is 48.0. The number of thioether (sulfide) groups is 1. The summed E-state index contributed by atoms with van der Waals surface area (Å²) < 4.78 is 38.8. The molecule has 3 aromatic carbocycles. The normalized spacial score (nSPS) is 19.2. The number of ether oxygens (including phenoxy) is 6. The van der Waals surface area contributed by atoms with Crippen LogP contribution >= 0.6 is 34.7 Å². The number of nitrogens with zero attached hydrogens (tertiary/aromatic N) is 5. The van der Waals surface area contributed by atoms with Gasteiger partial charge in [-0.1, -0.05) is 52.8 Å². The lowest BCUT2D eigenvalue weighted by Gasteiger charge is -2.44. The molecule has 2 radical (unpaired) electrons. The minimum absolute atomic E-state index is 0.00124. The van der Waals surface area contributed by atoms with Gasteiger partial charge in [-0.05, 0) is 116 Å². The van der Waals surface area contributed by atoms with Crippen LogP contribution in [0.5, 0.6) is 23.0 Å². The van der Waals surface area contributed by atoms with Gasteiger partial charge >= 0.3 is 32.0 Å². The number of ketones is 2. The summed E-state index contributed by atoms with van der Waals surface area (Å²) in [7, 11) is 8.61. The molecule has 80 heavy (non-hydrogen) atoms. The number of nitrogens with two attached hydrogens (primary N) is 1. The van der Waals surface area contributed by atoms with E-state index in [1.807, 2.05) is 0 Å². The summed E-state index contributed by atoms with van der Waals surface area (Å²) in [6, 6.07) is 14.8. The van der Waals surface area contributed by atoms with Crippen molar-refractivity contribution >= 4 is 101 Å². The molecule has 0 aliphatic carbocycles. The SMILES string of the molecule is [B]OC(=O)[C@@]1(N2CCC[C@H](N(C(=O)OC(C)(C)C)C(=O)C(=O)c3ccc(OCc4ccc(OC)cc4)c(OCc4ccc(OC)cc4)c3Cl)C2=O)CN2C(=O)C(CC(=O)/C(=N\OC(C)(C)C(=O)OC(C)(C)C)c3csc(N)n3)[C@H]2S1. The number of anilines is 1. The Morgan fingerprint density at radius 3 is 2.00 bits per heavy atom. The van der Waals surface area contributed by atoms with Gasteiger partial charge in [-0.15, -0.1) is 11.3 Å². The van der Waals surface area contributed by atoms with Crippen molar-refractivity contribution in [2.24, 2.45) is 11.1 Å². The van der Waals surface area contributed by atoms with Crippen molar-refractivity contribution in [3.8, 4) is 23.0 Å². The maximum absolute atomic E-state index is 15.1. The second-order valence-corrected chi connectivity index (χ2v) is 23.8. The maximum atomic E-state index is 15.1. The van der Waals surface area contributed by atoms with Gasteiger partial charge in [0, 0.05) is 18.3 Å². The highest BCUT2D eigenvalue weighted by Crippen LogP contribution is 2.53. The Hall–Kier alpha value is -7.38. The van der Waals surface area contributed by atoms with Gasteiger partial charge in [0.15, 0.2) is 28.1 Å². The van der Waals surface area contributed by atoms with E-state index in [4.69, 9.17) is 63.3 Å². The number of carbonyl (C=O) groups excluding carboxylic acids is 8. The van der Waals surface area contributed by atoms with Crippen LogP contribution in [-0.4, -0.2) is 141 Å². The van der Waals surface area contributed by atoms with Crippen molar-refractivity contribution in [1.82, 2.24) is 19.7 Å². The number of Topliss-reactive ketones (excluding diaryl/α,β-unsaturated/α-hetero) is 2. The minimum Gasteiger partial charge on any atom is -0.541 e. The molecular formula is C54H60BClN6O16S2. The lowest BCUT2D eigenvalue weighted by Crippen LogP contribution is -2.66. The summed E-state index contributed by atoms with van der Waals surface area (Å²) in [6.45, 7) is 11.6. The van der Waals surface area contributed by atoms with Gasteiger partial charge in [-0.2, -0.15) is 0 Å². The molecule has 4 amide bonds. The van der Waals surface area contributed by atoms with Crippen LogP contribution < -0.4 is 24.7 Å². The zero-order chi connectivity index (χ0) is 58.6. The van der Waals surface area contributed by atoms with E-state index in [1.165, 1.54) is 71.3 Å². The van der Waals surface area contributed by atoms with Crippen LogP contribution in [0.1, 0.15) is 102 Å². The number of nitrogen functional groups attached to an aromatic ring is 1. The average Bonchev–Trinajstić information content (AvgIpc) is 4.01. The number of hydrogen-bond acceptors (Lipinski definition) is 21. The highest BCUT2D eigenvalue weighted by molar-refractivity contribution is 8.02. The van der Waals surface area contributed by atoms with E-state index >= 15 is 4.79 Å². The van der Waals surface area contributed by atoms with E-state index in [-0.39, 0.29) is 65.7 Å². The quantitative estimate of drug-likeness (QED) is 0.0180. The van der Waals surface area contributed by atoms with E-state index in [2.05, 4.69) is 10.1 Å². The third-order valence-electron chi connectivity index (χ3n) is 12.6. The van der Waals surface area contributed by atoms with Crippen molar-refractivity contribution in [3.05, 3.63) is 93.5 Å². The molecule has 22 nitrogen and oxygen atoms in total. The second-order valence-electron chi connectivity index (χ2n) is 21.2. The van der Waals surface area contributed by atoms with Crippen LogP contribution in [0.25, 0.3) is 0 Å². The fraction of sp³-hybridized carbons (Fsp3) is 0.444. The molecule has 424 valence electrons. The third-order valence-corrected chi connectivity index (χ3v) is 15.4. The minimum atomic E-state index is -2.10. The average molecular weight is 1160 g/mol. The molecule has 2 N–H and O–H groups in total. The number of benzene rings is 3. The molecule has 1 aromatic heterocycles. The first-order valence-corrected chi connectivity index (χ1v) is 27.2. The van der Waals surface area contributed by atoms with Gasteiger partial charge in [0.25, 0.3) is 5.78 Å². The Morgan fingerprint density at radius 2 is 1.45 bits per heavy atom. The lowest BCUT2D eigenvalue weighted by atomic mass is 9.90. The summed E-state index contributed by atoms with van der Waals surface area (Å²) in [6.07, 6.45) is -2.04. The van der Waals surface area contributed by atoms with Crippen molar-refractivity contribution in [2.75, 3.05) is 33.0 Å². The summed E-state index contributed by atoms with van der Waals surface area (Å²) in [4.78, 5) is 124. The molecule has 0 saturated carbocycles. The first-order valence-electron chi connectivity index (χ1n) is 25.0. The number of piperidine rings is 1. The molecule has 4 atom stereocenters. The highest BCUT2D eigenvalue weighted by Gasteiger charge is 2.66. The Balaban J connectivity index is 1.17. The number of aromatic nitrogens is 1. The molecule has 3 aliphatic heterocycles. The van der Waals surface area contributed by atoms with Crippen LogP contribution in [0, 0.1) is 5.92 Å². The number of halogens is 1. The third kappa shape index (κ3) is 13.3. The van der Waals surface area contributed by atoms with Crippen LogP contribution in [0.3, 0.4) is 0 Å². The Labute approximate surface area is 476 Å². The van der Waals surface area contributed by atoms with Crippen LogP contribution in [0.2, 0.25) is 5.02 Å². The highest BCUT2D eigenvalue weighted by atomic mass is 35.5. The summed E-state index contributed by atoms with van der Waals surface area (Å²) in [5.74, 6) is -7.07. The van der Waals surface area contributed by atoms with E-state index in [1.54, 1.807) is 69.3 Å². The first kappa shape index (κ1) is 60.3. The number of amides is 4. The number of likely N-dealkylation sites (tertiary alicyclic amines) is 1. The van der Waals surface area contributed by atoms with E-state index in [0.29, 0.717) is 22.0 Å². The standard InChI is InChI=1S/C54H60BClN6O16S2/c1-51(2,3)75-47(68)53(7,8)78-59-40(35-27-79-49(57)58-35)37(63)24-34-43(65)60-28-54(48(69)77-55,80-46(34)60)61-23-11-12-36(44(61)66)62(50(70)76-52(4,5)6)45(67)41(64)33-21-22-38(73-25-29-13-17-31(71-9)18-14-29)42(39(33)56)74-26-30-15-19-32(72-10)20-16-30/h13-22,27,34,36,46H,11-12,23-26,28H2,1-10H3,(H2,57,58)/b59-40-/t34?,36-,46+,54+/m0/s1. The van der Waals surface area contributed by atoms with E-state index < -0.39 is 105 Å². The van der Waals surface area contributed by atoms with Gasteiger partial charge in [-0.3, -0.25) is 28.8 Å². The number of fused-ring (bicyclic) bond motifs is 1. The van der Waals surface area contributed by atoms with Gasteiger partial charge in [0.1, 0.15) is 47.7 Å². The smallest absolute Gasteiger partial charge is 0.418 e. The number of rotatable bonds is 20. The Bertz CT molecular complexity index is 3090. The number of esters is 1. The molecule has 0 spiro atoms. The largest absolute Gasteiger partial charge is 0.541 e. The fourth-order valence-corrected chi connectivity index (χ4v) is 11.2. The number of carbonyl (C=O) groups is 8. The molecule has 3 aliphatic rings. The van der Waals surface area contributed by atoms with Crippen molar-refractivity contribution < 1.29 is 76.3 Å². The van der Waals surface area contributed by atoms with E-state index in [9.17, 15) is 33.6 Å². The number of thiazole rings is 1. The van der Waals surface area contributed by atoms with Crippen LogP contribution in [-0.2, 0) is 60.9 Å². The molecule has 4 heterocycles. The number of β-lactam (4-membered cyclic amide) rings is 1. The number of methoxy groups -OCH3 is 2. The van der Waals surface area contributed by atoms with Gasteiger partial charge in [0.2, 0.25) is 22.3 Å². The van der Waals surface area contributed by atoms with Crippen LogP contribution in [0.15, 0.2) is 71.2 Å². The van der Waals surface area contributed by atoms with E-state index in [0.717, 1.165) is 33.6 Å². The zero-order valence-electron chi connectivity index (χ0n) is 45.6. The van der Waals surface area contributed by atoms with Crippen LogP contribution in [0.4, 0.5) is 9.93 Å². The van der Waals surface area contributed by atoms with Crippen molar-refractivity contribution in [2.45, 2.75) is 121 Å². The second kappa shape index (κ2) is 24.2. The first-order chi connectivity index (χ1) is 37.6. The number of hydrogen-bond donors (Lipinski definition) is 1. The Morgan fingerprint density at radius 1 is 0.850 bits per heavy atom. The summed E-state index contributed by atoms with van der Waals surface area (Å²) in [5, 5.41) is 4.25. The van der Waals surface area contributed by atoms with Gasteiger partial charge < -0.3 is 53.4 Å². The monoisotopic (exact) mass is 1160 g/mol. The van der Waals surface area contributed by atoms with Gasteiger partial charge in [0.05, 0.1) is 42.6 Å². The predicted molar refractivity (Wildman–Crippen MR) is 293 cm³/mol. The molecule has 26 heteroatoms. The van der Waals surface area contributed by atoms with Crippen molar-refractivity contribution in [1.29, 1.82) is 0 Å². The molecular weight excluding hydrogens is 1100 g/mol. The number of oxime groups is 1. The number of imide groups is 1. The Kier molecular flexibility index (Phi) is 18.2.